The van der Waals surface area contributed by atoms with E-state index in [-0.39, 0.29) is 18.2 Å². The van der Waals surface area contributed by atoms with Crippen LogP contribution in [0.1, 0.15) is 11.1 Å². The minimum absolute atomic E-state index is 0.153. The lowest BCUT2D eigenvalue weighted by Crippen LogP contribution is -2.08. The molecule has 134 valence electrons. The van der Waals surface area contributed by atoms with Gasteiger partial charge in [0.05, 0.1) is 5.52 Å². The Hall–Kier alpha value is -2.38. The number of benzene rings is 2. The number of carbonyl (C=O) groups is 1. The number of hydrogen-bond donors (Lipinski definition) is 2. The van der Waals surface area contributed by atoms with E-state index in [1.165, 1.54) is 0 Å². The molecule has 0 saturated carbocycles. The van der Waals surface area contributed by atoms with Crippen LogP contribution >= 0.6 is 27.5 Å². The smallest absolute Gasteiger partial charge is 0.302 e. The number of aromatic nitrogens is 1. The maximum atomic E-state index is 12.0. The van der Waals surface area contributed by atoms with Crippen LogP contribution in [0.4, 0.5) is 5.69 Å². The Morgan fingerprint density at radius 2 is 1.96 bits per heavy atom. The van der Waals surface area contributed by atoms with Crippen LogP contribution < -0.4 is 4.74 Å². The molecule has 26 heavy (non-hydrogen) atoms. The Bertz CT molecular complexity index is 1010. The largest absolute Gasteiger partial charge is 0.493 e. The molecule has 0 aliphatic heterocycles. The molecule has 2 N–H and O–H groups in total. The molecule has 0 aliphatic carbocycles. The average Bonchev–Trinajstić information content (AvgIpc) is 2.90. The van der Waals surface area contributed by atoms with Crippen LogP contribution in [0.2, 0.25) is 5.02 Å². The van der Waals surface area contributed by atoms with Gasteiger partial charge in [0, 0.05) is 14.9 Å². The standard InChI is InChI=1S/C18H15BrClN3O3/c1-9-5-12(6-10(2)16(9)20)26-8-15(24)22-23-17-13-7-11(19)3-4-14(13)21-18(17)25/h3-7,21,25H,8H2,1-2H3. The van der Waals surface area contributed by atoms with Crippen LogP contribution in [0.5, 0.6) is 11.6 Å². The van der Waals surface area contributed by atoms with Gasteiger partial charge in [-0.25, -0.2) is 0 Å². The van der Waals surface area contributed by atoms with Crippen LogP contribution in [-0.2, 0) is 4.79 Å². The van der Waals surface area contributed by atoms with Gasteiger partial charge < -0.3 is 14.8 Å². The summed E-state index contributed by atoms with van der Waals surface area (Å²) in [5.74, 6) is -0.189. The highest BCUT2D eigenvalue weighted by Crippen LogP contribution is 2.36. The molecular formula is C18H15BrClN3O3. The predicted molar refractivity (Wildman–Crippen MR) is 104 cm³/mol. The summed E-state index contributed by atoms with van der Waals surface area (Å²) in [4.78, 5) is 14.7. The number of halogens is 2. The van der Waals surface area contributed by atoms with Gasteiger partial charge in [0.15, 0.2) is 12.3 Å². The number of amides is 1. The summed E-state index contributed by atoms with van der Waals surface area (Å²) in [6.45, 7) is 3.46. The number of aromatic amines is 1. The number of rotatable bonds is 4. The first-order valence-electron chi connectivity index (χ1n) is 7.69. The van der Waals surface area contributed by atoms with Crippen LogP contribution in [-0.4, -0.2) is 22.6 Å². The molecule has 0 atom stereocenters. The lowest BCUT2D eigenvalue weighted by Gasteiger charge is -2.08. The lowest BCUT2D eigenvalue weighted by atomic mass is 10.1. The van der Waals surface area contributed by atoms with Crippen molar-refractivity contribution in [1.29, 1.82) is 0 Å². The van der Waals surface area contributed by atoms with Gasteiger partial charge in [-0.1, -0.05) is 27.5 Å². The maximum Gasteiger partial charge on any atom is 0.302 e. The quantitative estimate of drug-likeness (QED) is 0.522. The van der Waals surface area contributed by atoms with Crippen molar-refractivity contribution >= 4 is 50.0 Å². The third-order valence-corrected chi connectivity index (χ3v) is 4.84. The molecule has 6 nitrogen and oxygen atoms in total. The number of aryl methyl sites for hydroxylation is 2. The van der Waals surface area contributed by atoms with E-state index in [9.17, 15) is 9.90 Å². The van der Waals surface area contributed by atoms with Crippen LogP contribution in [0, 0.1) is 13.8 Å². The summed E-state index contributed by atoms with van der Waals surface area (Å²) < 4.78 is 6.27. The molecule has 3 rings (SSSR count). The second-order valence-electron chi connectivity index (χ2n) is 5.77. The maximum absolute atomic E-state index is 12.0. The fourth-order valence-electron chi connectivity index (χ4n) is 2.51. The van der Waals surface area contributed by atoms with Crippen LogP contribution in [0.3, 0.4) is 0 Å². The molecule has 0 fully saturated rings. The number of hydrogen-bond acceptors (Lipinski definition) is 4. The first-order chi connectivity index (χ1) is 12.3. The predicted octanol–water partition coefficient (Wildman–Crippen LogP) is 5.60. The van der Waals surface area contributed by atoms with E-state index in [0.29, 0.717) is 21.7 Å². The van der Waals surface area contributed by atoms with Crippen molar-refractivity contribution in [2.24, 2.45) is 10.2 Å². The summed E-state index contributed by atoms with van der Waals surface area (Å²) in [6, 6.07) is 8.90. The summed E-state index contributed by atoms with van der Waals surface area (Å²) >= 11 is 9.47. The average molecular weight is 437 g/mol. The first-order valence-corrected chi connectivity index (χ1v) is 8.86. The molecule has 0 bridgehead atoms. The van der Waals surface area contributed by atoms with Crippen molar-refractivity contribution in [2.45, 2.75) is 13.8 Å². The van der Waals surface area contributed by atoms with E-state index in [4.69, 9.17) is 16.3 Å². The zero-order valence-corrected chi connectivity index (χ0v) is 16.3. The molecule has 1 amide bonds. The van der Waals surface area contributed by atoms with E-state index >= 15 is 0 Å². The first kappa shape index (κ1) is 18.4. The Balaban J connectivity index is 1.72. The molecular weight excluding hydrogens is 422 g/mol. The highest BCUT2D eigenvalue weighted by Gasteiger charge is 2.12. The van der Waals surface area contributed by atoms with Crippen LogP contribution in [0.25, 0.3) is 10.9 Å². The second kappa shape index (κ2) is 7.47. The minimum Gasteiger partial charge on any atom is -0.493 e. The van der Waals surface area contributed by atoms with Gasteiger partial charge in [-0.2, -0.15) is 0 Å². The molecule has 0 aliphatic rings. The van der Waals surface area contributed by atoms with Gasteiger partial charge in [-0.3, -0.25) is 4.79 Å². The van der Waals surface area contributed by atoms with Crippen molar-refractivity contribution < 1.29 is 14.6 Å². The molecule has 0 radical (unpaired) electrons. The summed E-state index contributed by atoms with van der Waals surface area (Å²) in [6.07, 6.45) is 0. The van der Waals surface area contributed by atoms with E-state index in [1.807, 2.05) is 19.9 Å². The zero-order chi connectivity index (χ0) is 18.8. The fraction of sp³-hybridized carbons (Fsp3) is 0.167. The Morgan fingerprint density at radius 3 is 2.65 bits per heavy atom. The van der Waals surface area contributed by atoms with Crippen molar-refractivity contribution in [3.05, 3.63) is 51.0 Å². The third-order valence-electron chi connectivity index (χ3n) is 3.75. The monoisotopic (exact) mass is 435 g/mol. The highest BCUT2D eigenvalue weighted by molar-refractivity contribution is 9.10. The SMILES string of the molecule is Cc1cc(OCC(=O)N=Nc2c(O)[nH]c3ccc(Br)cc23)cc(C)c1Cl. The van der Waals surface area contributed by atoms with E-state index < -0.39 is 5.91 Å². The van der Waals surface area contributed by atoms with Gasteiger partial charge in [-0.15, -0.1) is 10.2 Å². The van der Waals surface area contributed by atoms with Crippen LogP contribution in [0.15, 0.2) is 45.0 Å². The Labute approximate surface area is 163 Å². The Kier molecular flexibility index (Phi) is 5.29. The summed E-state index contributed by atoms with van der Waals surface area (Å²) in [7, 11) is 0. The summed E-state index contributed by atoms with van der Waals surface area (Å²) in [5, 5.41) is 18.8. The van der Waals surface area contributed by atoms with E-state index in [0.717, 1.165) is 15.6 Å². The normalized spacial score (nSPS) is 11.4. The molecule has 8 heteroatoms. The Morgan fingerprint density at radius 1 is 1.27 bits per heavy atom. The van der Waals surface area contributed by atoms with Crippen molar-refractivity contribution in [2.75, 3.05) is 6.61 Å². The molecule has 1 heterocycles. The number of aromatic hydroxyl groups is 1. The molecule has 0 unspecified atom stereocenters. The molecule has 2 aromatic carbocycles. The van der Waals surface area contributed by atoms with Crippen molar-refractivity contribution in [1.82, 2.24) is 4.98 Å². The van der Waals surface area contributed by atoms with Gasteiger partial charge in [0.1, 0.15) is 5.75 Å². The molecule has 0 spiro atoms. The number of H-pyrrole nitrogens is 1. The van der Waals surface area contributed by atoms with Gasteiger partial charge in [0.2, 0.25) is 5.88 Å². The molecule has 3 aromatic rings. The third kappa shape index (κ3) is 3.89. The fourth-order valence-corrected chi connectivity index (χ4v) is 2.98. The zero-order valence-electron chi connectivity index (χ0n) is 14.0. The molecule has 1 aromatic heterocycles. The van der Waals surface area contributed by atoms with Gasteiger partial charge in [0.25, 0.3) is 0 Å². The minimum atomic E-state index is -0.570. The number of nitrogens with zero attached hydrogens (tertiary/aromatic N) is 2. The topological polar surface area (TPSA) is 87.0 Å². The number of fused-ring (bicyclic) bond motifs is 1. The highest BCUT2D eigenvalue weighted by atomic mass is 79.9. The number of azo groups is 1. The van der Waals surface area contributed by atoms with Gasteiger partial charge in [-0.05, 0) is 55.3 Å². The number of ether oxygens (including phenoxy) is 1. The number of carbonyl (C=O) groups excluding carboxylic acids is 1. The molecule has 0 saturated heterocycles. The van der Waals surface area contributed by atoms with E-state index in [2.05, 4.69) is 31.1 Å². The second-order valence-corrected chi connectivity index (χ2v) is 7.06. The van der Waals surface area contributed by atoms with Gasteiger partial charge >= 0.3 is 5.91 Å². The summed E-state index contributed by atoms with van der Waals surface area (Å²) in [5.41, 5.74) is 2.62. The van der Waals surface area contributed by atoms with Crippen molar-refractivity contribution in [3.8, 4) is 11.6 Å². The number of nitrogens with one attached hydrogen (secondary N) is 1. The lowest BCUT2D eigenvalue weighted by molar-refractivity contribution is -0.120. The van der Waals surface area contributed by atoms with E-state index in [1.54, 1.807) is 24.3 Å². The van der Waals surface area contributed by atoms with Crippen molar-refractivity contribution in [3.63, 3.8) is 0 Å².